The van der Waals surface area contributed by atoms with Crippen LogP contribution in [0.4, 0.5) is 0 Å². The molecule has 0 amide bonds. The summed E-state index contributed by atoms with van der Waals surface area (Å²) in [6, 6.07) is 22.1. The average Bonchev–Trinajstić information content (AvgIpc) is 2.75. The largest absolute Gasteiger partial charge is 0.618 e. The minimum absolute atomic E-state index is 0.0225. The first-order chi connectivity index (χ1) is 14.8. The van der Waals surface area contributed by atoms with Crippen LogP contribution in [0.1, 0.15) is 31.9 Å². The number of hydrogen-bond acceptors (Lipinski definition) is 3. The highest BCUT2D eigenvalue weighted by molar-refractivity contribution is 9.10. The monoisotopic (exact) mass is 478 g/mol. The van der Waals surface area contributed by atoms with Crippen molar-refractivity contribution in [3.63, 3.8) is 0 Å². The number of nitrogens with zero attached hydrogens (tertiary/aromatic N) is 2. The van der Waals surface area contributed by atoms with Gasteiger partial charge < -0.3 is 10.0 Å². The van der Waals surface area contributed by atoms with Gasteiger partial charge in [0.05, 0.1) is 5.56 Å². The van der Waals surface area contributed by atoms with Gasteiger partial charge in [-0.25, -0.2) is 0 Å². The smallest absolute Gasteiger partial charge is 0.357 e. The van der Waals surface area contributed by atoms with Crippen molar-refractivity contribution in [2.24, 2.45) is 0 Å². The molecule has 5 nitrogen and oxygen atoms in total. The van der Waals surface area contributed by atoms with Crippen molar-refractivity contribution in [1.29, 1.82) is 0 Å². The van der Waals surface area contributed by atoms with Crippen LogP contribution >= 0.6 is 15.9 Å². The van der Waals surface area contributed by atoms with Crippen LogP contribution in [0.3, 0.4) is 0 Å². The molecule has 0 bridgehead atoms. The van der Waals surface area contributed by atoms with E-state index in [0.717, 1.165) is 10.0 Å². The predicted molar refractivity (Wildman–Crippen MR) is 126 cm³/mol. The van der Waals surface area contributed by atoms with Crippen molar-refractivity contribution < 1.29 is 9.57 Å². The zero-order valence-electron chi connectivity index (χ0n) is 17.6. The molecule has 0 aliphatic carbocycles. The highest BCUT2D eigenvalue weighted by Crippen LogP contribution is 2.22. The molecule has 31 heavy (non-hydrogen) atoms. The van der Waals surface area contributed by atoms with Crippen LogP contribution in [0.25, 0.3) is 22.3 Å². The van der Waals surface area contributed by atoms with Crippen molar-refractivity contribution in [2.75, 3.05) is 0 Å². The number of aromatic nitrogens is 2. The average molecular weight is 479 g/mol. The molecular weight excluding hydrogens is 456 g/mol. The Morgan fingerprint density at radius 2 is 1.61 bits per heavy atom. The Balaban J connectivity index is 1.77. The van der Waals surface area contributed by atoms with E-state index >= 15 is 0 Å². The van der Waals surface area contributed by atoms with E-state index in [1.165, 1.54) is 10.3 Å². The van der Waals surface area contributed by atoms with Crippen molar-refractivity contribution in [3.8, 4) is 11.3 Å². The maximum absolute atomic E-state index is 13.3. The molecular formula is C25H23BrN2O3. The summed E-state index contributed by atoms with van der Waals surface area (Å²) in [4.78, 5) is 19.2. The molecule has 1 aromatic heterocycles. The first-order valence-electron chi connectivity index (χ1n) is 10.0. The summed E-state index contributed by atoms with van der Waals surface area (Å²) in [5, 5.41) is 13.0. The molecule has 0 aliphatic heterocycles. The van der Waals surface area contributed by atoms with Crippen molar-refractivity contribution in [1.82, 2.24) is 4.73 Å². The van der Waals surface area contributed by atoms with Gasteiger partial charge >= 0.3 is 5.56 Å². The Morgan fingerprint density at radius 3 is 2.26 bits per heavy atom. The zero-order valence-corrected chi connectivity index (χ0v) is 19.2. The SMILES string of the molecule is CC(C)(C)c1ccc(COn2c(=O)c(-c3ccc(Br)cc3)[n+]([O-])c3ccccc32)cc1. The van der Waals surface area contributed by atoms with Gasteiger partial charge in [0.2, 0.25) is 5.52 Å². The molecule has 0 fully saturated rings. The molecule has 0 atom stereocenters. The number of para-hydroxylation sites is 2. The summed E-state index contributed by atoms with van der Waals surface area (Å²) in [7, 11) is 0. The number of fused-ring (bicyclic) bond motifs is 1. The van der Waals surface area contributed by atoms with Crippen molar-refractivity contribution in [2.45, 2.75) is 32.8 Å². The molecule has 0 N–H and O–H groups in total. The topological polar surface area (TPSA) is 58.2 Å². The van der Waals surface area contributed by atoms with E-state index < -0.39 is 5.56 Å². The van der Waals surface area contributed by atoms with Crippen molar-refractivity contribution in [3.05, 3.63) is 104 Å². The summed E-state index contributed by atoms with van der Waals surface area (Å²) < 4.78 is 2.77. The predicted octanol–water partition coefficient (Wildman–Crippen LogP) is 4.99. The molecule has 0 radical (unpaired) electrons. The summed E-state index contributed by atoms with van der Waals surface area (Å²) in [6.45, 7) is 6.69. The lowest BCUT2D eigenvalue weighted by atomic mass is 9.87. The third-order valence-electron chi connectivity index (χ3n) is 5.21. The molecule has 3 aromatic carbocycles. The Morgan fingerprint density at radius 1 is 0.968 bits per heavy atom. The minimum Gasteiger partial charge on any atom is -0.618 e. The fourth-order valence-electron chi connectivity index (χ4n) is 3.44. The molecule has 0 spiro atoms. The van der Waals surface area contributed by atoms with Crippen LogP contribution in [0.5, 0.6) is 0 Å². The maximum atomic E-state index is 13.3. The fourth-order valence-corrected chi connectivity index (χ4v) is 3.70. The van der Waals surface area contributed by atoms with Crippen LogP contribution in [0.2, 0.25) is 0 Å². The van der Waals surface area contributed by atoms with Gasteiger partial charge in [0, 0.05) is 10.5 Å². The summed E-state index contributed by atoms with van der Waals surface area (Å²) in [5.41, 5.74) is 3.07. The van der Waals surface area contributed by atoms with Crippen LogP contribution in [-0.4, -0.2) is 4.73 Å². The lowest BCUT2D eigenvalue weighted by Gasteiger charge is -2.19. The van der Waals surface area contributed by atoms with Crippen molar-refractivity contribution >= 4 is 27.0 Å². The minimum atomic E-state index is -0.498. The Labute approximate surface area is 189 Å². The van der Waals surface area contributed by atoms with Gasteiger partial charge in [-0.2, -0.15) is 4.73 Å². The number of hydrogen-bond donors (Lipinski definition) is 0. The highest BCUT2D eigenvalue weighted by Gasteiger charge is 2.23. The van der Waals surface area contributed by atoms with Gasteiger partial charge in [0.25, 0.3) is 5.69 Å². The van der Waals surface area contributed by atoms with Crippen LogP contribution in [0, 0.1) is 5.21 Å². The molecule has 1 heterocycles. The molecule has 6 heteroatoms. The van der Waals surface area contributed by atoms with E-state index in [1.807, 2.05) is 12.1 Å². The second kappa shape index (κ2) is 8.19. The number of halogens is 1. The quantitative estimate of drug-likeness (QED) is 0.306. The number of rotatable bonds is 4. The van der Waals surface area contributed by atoms with E-state index in [4.69, 9.17) is 4.84 Å². The molecule has 4 rings (SSSR count). The van der Waals surface area contributed by atoms with E-state index in [1.54, 1.807) is 48.5 Å². The molecule has 0 saturated carbocycles. The van der Waals surface area contributed by atoms with E-state index in [-0.39, 0.29) is 17.7 Å². The second-order valence-electron chi connectivity index (χ2n) is 8.46. The summed E-state index contributed by atoms with van der Waals surface area (Å²) in [6.07, 6.45) is 0. The first kappa shape index (κ1) is 21.1. The Bertz CT molecular complexity index is 1290. The third kappa shape index (κ3) is 4.21. The maximum Gasteiger partial charge on any atom is 0.357 e. The van der Waals surface area contributed by atoms with Gasteiger partial charge in [-0.3, -0.25) is 4.79 Å². The molecule has 158 valence electrons. The standard InChI is InChI=1S/C25H23BrN2O3/c1-25(2,3)19-12-8-17(9-13-19)16-31-28-22-7-5-4-6-21(22)27(30)23(24(28)29)18-10-14-20(26)15-11-18/h4-15H,16H2,1-3H3. The summed E-state index contributed by atoms with van der Waals surface area (Å²) in [5.74, 6) is 0. The molecule has 0 unspecified atom stereocenters. The zero-order chi connectivity index (χ0) is 22.2. The fraction of sp³-hybridized carbons (Fsp3) is 0.200. The van der Waals surface area contributed by atoms with Gasteiger partial charge in [-0.15, -0.1) is 4.73 Å². The van der Waals surface area contributed by atoms with E-state index in [9.17, 15) is 10.0 Å². The number of benzene rings is 3. The highest BCUT2D eigenvalue weighted by atomic mass is 79.9. The molecule has 4 aromatic rings. The lowest BCUT2D eigenvalue weighted by molar-refractivity contribution is -0.566. The van der Waals surface area contributed by atoms with Crippen LogP contribution < -0.4 is 15.1 Å². The Hall–Kier alpha value is -3.12. The second-order valence-corrected chi connectivity index (χ2v) is 9.37. The summed E-state index contributed by atoms with van der Waals surface area (Å²) >= 11 is 3.38. The van der Waals surface area contributed by atoms with E-state index in [2.05, 4.69) is 48.8 Å². The third-order valence-corrected chi connectivity index (χ3v) is 5.74. The van der Waals surface area contributed by atoms with Crippen LogP contribution in [-0.2, 0) is 12.0 Å². The molecule has 0 saturated heterocycles. The molecule has 0 aliphatic rings. The first-order valence-corrected chi connectivity index (χ1v) is 10.8. The van der Waals surface area contributed by atoms with Gasteiger partial charge in [-0.1, -0.05) is 73.1 Å². The van der Waals surface area contributed by atoms with Gasteiger partial charge in [0.15, 0.2) is 5.52 Å². The van der Waals surface area contributed by atoms with Gasteiger partial charge in [-0.05, 0) is 46.9 Å². The van der Waals surface area contributed by atoms with Crippen LogP contribution in [0.15, 0.2) is 82.1 Å². The van der Waals surface area contributed by atoms with E-state index in [0.29, 0.717) is 21.3 Å². The lowest BCUT2D eigenvalue weighted by Crippen LogP contribution is -2.42. The normalized spacial score (nSPS) is 11.6. The Kier molecular flexibility index (Phi) is 5.58. The van der Waals surface area contributed by atoms with Gasteiger partial charge in [0.1, 0.15) is 6.61 Å².